The summed E-state index contributed by atoms with van der Waals surface area (Å²) >= 11 is 0. The van der Waals surface area contributed by atoms with Crippen LogP contribution >= 0.6 is 0 Å². The third-order valence-electron chi connectivity index (χ3n) is 5.83. The number of hydrogen-bond acceptors (Lipinski definition) is 8. The van der Waals surface area contributed by atoms with Gasteiger partial charge in [-0.05, 0) is 48.9 Å². The molecule has 36 heavy (non-hydrogen) atoms. The predicted octanol–water partition coefficient (Wildman–Crippen LogP) is 4.70. The van der Waals surface area contributed by atoms with Gasteiger partial charge in [0.15, 0.2) is 0 Å². The molecule has 0 aliphatic rings. The van der Waals surface area contributed by atoms with Crippen molar-refractivity contribution >= 4 is 22.5 Å². The Kier molecular flexibility index (Phi) is 6.16. The molecule has 0 radical (unpaired) electrons. The van der Waals surface area contributed by atoms with Gasteiger partial charge in [0.05, 0.1) is 22.6 Å². The first-order valence-electron chi connectivity index (χ1n) is 11.3. The Morgan fingerprint density at radius 1 is 1.00 bits per heavy atom. The number of nitrogens with one attached hydrogen (secondary N) is 1. The van der Waals surface area contributed by atoms with Crippen molar-refractivity contribution in [2.45, 2.75) is 13.3 Å². The first-order chi connectivity index (χ1) is 17.6. The number of pyridine rings is 3. The summed E-state index contributed by atoms with van der Waals surface area (Å²) in [6.07, 6.45) is 5.21. The highest BCUT2D eigenvalue weighted by molar-refractivity contribution is 6.02. The molecular weight excluding hydrogens is 455 g/mol. The summed E-state index contributed by atoms with van der Waals surface area (Å²) in [7, 11) is 0. The van der Waals surface area contributed by atoms with Crippen LogP contribution in [0.15, 0.2) is 67.3 Å². The number of aryl methyl sites for hydroxylation is 1. The summed E-state index contributed by atoms with van der Waals surface area (Å²) in [5.41, 5.74) is 11.3. The molecule has 0 unspecified atom stereocenters. The third kappa shape index (κ3) is 4.28. The zero-order chi connectivity index (χ0) is 25.1. The van der Waals surface area contributed by atoms with Crippen LogP contribution in [0.5, 0.6) is 0 Å². The minimum Gasteiger partial charge on any atom is -0.382 e. The third-order valence-corrected chi connectivity index (χ3v) is 5.83. The van der Waals surface area contributed by atoms with Crippen LogP contribution in [0.4, 0.5) is 16.0 Å². The molecule has 5 aromatic rings. The Bertz CT molecular complexity index is 1610. The van der Waals surface area contributed by atoms with E-state index < -0.39 is 0 Å². The fourth-order valence-corrected chi connectivity index (χ4v) is 4.19. The van der Waals surface area contributed by atoms with Crippen molar-refractivity contribution in [3.05, 3.63) is 89.9 Å². The number of nitrogens with two attached hydrogens (primary N) is 1. The maximum Gasteiger partial charge on any atom is 0.149 e. The van der Waals surface area contributed by atoms with Gasteiger partial charge >= 0.3 is 0 Å². The number of fused-ring (bicyclic) bond motifs is 1. The second-order valence-electron chi connectivity index (χ2n) is 8.12. The Labute approximate surface area is 206 Å². The molecule has 0 amide bonds. The van der Waals surface area contributed by atoms with Crippen molar-refractivity contribution in [3.63, 3.8) is 0 Å². The van der Waals surface area contributed by atoms with E-state index in [9.17, 15) is 9.65 Å². The molecule has 5 rings (SSSR count). The van der Waals surface area contributed by atoms with Crippen LogP contribution < -0.4 is 11.1 Å². The molecule has 0 atom stereocenters. The van der Waals surface area contributed by atoms with Gasteiger partial charge in [-0.25, -0.2) is 14.4 Å². The topological polar surface area (TPSA) is 126 Å². The fourth-order valence-electron chi connectivity index (χ4n) is 4.19. The molecule has 1 aromatic carbocycles. The average Bonchev–Trinajstić information content (AvgIpc) is 2.89. The van der Waals surface area contributed by atoms with Crippen LogP contribution in [0.2, 0.25) is 0 Å². The molecular formula is C27H21FN8. The Morgan fingerprint density at radius 3 is 2.64 bits per heavy atom. The lowest BCUT2D eigenvalue weighted by Crippen LogP contribution is -2.12. The first-order valence-corrected chi connectivity index (χ1v) is 11.3. The van der Waals surface area contributed by atoms with E-state index in [2.05, 4.69) is 25.3 Å². The monoisotopic (exact) mass is 476 g/mol. The molecule has 176 valence electrons. The molecule has 0 fully saturated rings. The zero-order valence-electron chi connectivity index (χ0n) is 19.4. The molecule has 0 spiro atoms. The lowest BCUT2D eigenvalue weighted by Gasteiger charge is -2.18. The minimum absolute atomic E-state index is 0.114. The van der Waals surface area contributed by atoms with Crippen molar-refractivity contribution in [3.8, 4) is 28.6 Å². The fraction of sp³-hybridized carbons (Fsp3) is 0.111. The molecule has 3 N–H and O–H groups in total. The SMILES string of the molecule is Cc1cccnc1-c1c(-c2ccccn2)c(CCNc2ncnc(N)c2C#N)nc2ccc(F)cc12. The van der Waals surface area contributed by atoms with E-state index in [-0.39, 0.29) is 17.2 Å². The van der Waals surface area contributed by atoms with E-state index in [1.54, 1.807) is 18.5 Å². The Hall–Kier alpha value is -4.97. The number of aromatic nitrogens is 5. The molecule has 0 saturated heterocycles. The summed E-state index contributed by atoms with van der Waals surface area (Å²) in [4.78, 5) is 22.2. The molecule has 0 aliphatic carbocycles. The van der Waals surface area contributed by atoms with Crippen molar-refractivity contribution in [2.75, 3.05) is 17.6 Å². The van der Waals surface area contributed by atoms with Crippen molar-refractivity contribution in [1.29, 1.82) is 5.26 Å². The number of nitrogen functional groups attached to an aromatic ring is 1. The number of halogens is 1. The van der Waals surface area contributed by atoms with E-state index in [0.29, 0.717) is 35.4 Å². The molecule has 0 aliphatic heterocycles. The van der Waals surface area contributed by atoms with Gasteiger partial charge in [0.2, 0.25) is 0 Å². The van der Waals surface area contributed by atoms with Gasteiger partial charge in [0.25, 0.3) is 0 Å². The van der Waals surface area contributed by atoms with E-state index >= 15 is 0 Å². The van der Waals surface area contributed by atoms with Crippen LogP contribution in [-0.4, -0.2) is 31.5 Å². The van der Waals surface area contributed by atoms with Crippen molar-refractivity contribution < 1.29 is 4.39 Å². The lowest BCUT2D eigenvalue weighted by molar-refractivity contribution is 0.629. The van der Waals surface area contributed by atoms with Gasteiger partial charge in [-0.1, -0.05) is 12.1 Å². The van der Waals surface area contributed by atoms with Crippen LogP contribution in [0, 0.1) is 24.1 Å². The molecule has 4 heterocycles. The van der Waals surface area contributed by atoms with Crippen molar-refractivity contribution in [1.82, 2.24) is 24.9 Å². The second kappa shape index (κ2) is 9.72. The van der Waals surface area contributed by atoms with Crippen molar-refractivity contribution in [2.24, 2.45) is 0 Å². The summed E-state index contributed by atoms with van der Waals surface area (Å²) in [5.74, 6) is 0.113. The van der Waals surface area contributed by atoms with Gasteiger partial charge < -0.3 is 11.1 Å². The largest absolute Gasteiger partial charge is 0.382 e. The van der Waals surface area contributed by atoms with Gasteiger partial charge in [-0.2, -0.15) is 5.26 Å². The van der Waals surface area contributed by atoms with Crippen LogP contribution in [-0.2, 0) is 6.42 Å². The maximum atomic E-state index is 14.4. The van der Waals surface area contributed by atoms with Gasteiger partial charge in [-0.3, -0.25) is 15.0 Å². The highest BCUT2D eigenvalue weighted by Crippen LogP contribution is 2.39. The number of benzene rings is 1. The molecule has 4 aromatic heterocycles. The summed E-state index contributed by atoms with van der Waals surface area (Å²) in [6.45, 7) is 2.38. The smallest absolute Gasteiger partial charge is 0.149 e. The van der Waals surface area contributed by atoms with Gasteiger partial charge in [0.1, 0.15) is 35.4 Å². The highest BCUT2D eigenvalue weighted by Gasteiger charge is 2.21. The Morgan fingerprint density at radius 2 is 1.86 bits per heavy atom. The number of anilines is 2. The van der Waals surface area contributed by atoms with E-state index in [4.69, 9.17) is 10.7 Å². The second-order valence-corrected chi connectivity index (χ2v) is 8.12. The molecule has 0 bridgehead atoms. The number of nitrogens with zero attached hydrogens (tertiary/aromatic N) is 6. The minimum atomic E-state index is -0.356. The van der Waals surface area contributed by atoms with Gasteiger partial charge in [-0.15, -0.1) is 0 Å². The van der Waals surface area contributed by atoms with E-state index in [1.807, 2.05) is 43.3 Å². The number of hydrogen-bond donors (Lipinski definition) is 2. The Balaban J connectivity index is 1.68. The first kappa shape index (κ1) is 22.8. The van der Waals surface area contributed by atoms with Crippen LogP contribution in [0.1, 0.15) is 16.8 Å². The van der Waals surface area contributed by atoms with Gasteiger partial charge in [0, 0.05) is 41.9 Å². The normalized spacial score (nSPS) is 10.8. The maximum absolute atomic E-state index is 14.4. The number of rotatable bonds is 6. The molecule has 9 heteroatoms. The average molecular weight is 477 g/mol. The molecule has 8 nitrogen and oxygen atoms in total. The quantitative estimate of drug-likeness (QED) is 0.361. The summed E-state index contributed by atoms with van der Waals surface area (Å²) in [6, 6.07) is 16.1. The number of nitriles is 1. The summed E-state index contributed by atoms with van der Waals surface area (Å²) in [5, 5.41) is 13.3. The molecule has 0 saturated carbocycles. The zero-order valence-corrected chi connectivity index (χ0v) is 19.4. The van der Waals surface area contributed by atoms with Crippen LogP contribution in [0.25, 0.3) is 33.4 Å². The highest BCUT2D eigenvalue weighted by atomic mass is 19.1. The van der Waals surface area contributed by atoms with E-state index in [0.717, 1.165) is 28.1 Å². The lowest BCUT2D eigenvalue weighted by atomic mass is 9.92. The van der Waals surface area contributed by atoms with Crippen LogP contribution in [0.3, 0.4) is 0 Å². The van der Waals surface area contributed by atoms with E-state index in [1.165, 1.54) is 18.5 Å². The summed E-state index contributed by atoms with van der Waals surface area (Å²) < 4.78 is 14.4. The standard InChI is InChI=1S/C27H21FN8/c1-16-5-4-11-32-25(16)23-18-13-17(28)7-8-20(18)36-22(24(23)21-6-2-3-10-31-21)9-12-33-27-19(14-29)26(30)34-15-35-27/h2-8,10-11,13,15H,9,12H2,1H3,(H3,30,33,34,35). The predicted molar refractivity (Wildman–Crippen MR) is 136 cm³/mol.